The van der Waals surface area contributed by atoms with Gasteiger partial charge in [-0.2, -0.15) is 0 Å². The minimum atomic E-state index is -1.16. The highest BCUT2D eigenvalue weighted by molar-refractivity contribution is 5.94. The van der Waals surface area contributed by atoms with Crippen molar-refractivity contribution in [2.24, 2.45) is 5.73 Å². The molecule has 1 aromatic rings. The number of hydrogen-bond donors (Lipinski definition) is 4. The summed E-state index contributed by atoms with van der Waals surface area (Å²) in [5.41, 5.74) is 4.94. The third-order valence-corrected chi connectivity index (χ3v) is 1.95. The number of aromatic nitrogens is 1. The maximum atomic E-state index is 11.5. The summed E-state index contributed by atoms with van der Waals surface area (Å²) in [6, 6.07) is 1.92. The molecule has 0 unspecified atom stereocenters. The zero-order valence-corrected chi connectivity index (χ0v) is 9.34. The number of nitrogens with zero attached hydrogens (tertiary/aromatic N) is 1. The van der Waals surface area contributed by atoms with Crippen molar-refractivity contribution in [2.75, 3.05) is 13.1 Å². The molecule has 1 aromatic heterocycles. The average Bonchev–Trinajstić information content (AvgIpc) is 2.34. The number of aromatic carboxylic acids is 1. The third kappa shape index (κ3) is 4.08. The largest absolute Gasteiger partial charge is 0.477 e. The van der Waals surface area contributed by atoms with Crippen LogP contribution < -0.4 is 16.4 Å². The summed E-state index contributed by atoms with van der Waals surface area (Å²) in [4.78, 5) is 36.0. The summed E-state index contributed by atoms with van der Waals surface area (Å²) >= 11 is 0. The maximum absolute atomic E-state index is 11.5. The fourth-order valence-electron chi connectivity index (χ4n) is 1.12. The summed E-state index contributed by atoms with van der Waals surface area (Å²) in [5.74, 6) is -1.57. The molecule has 1 heterocycles. The second kappa shape index (κ2) is 6.18. The molecule has 5 N–H and O–H groups in total. The first-order valence-corrected chi connectivity index (χ1v) is 5.01. The minimum Gasteiger partial charge on any atom is -0.477 e. The SMILES string of the molecule is NC(=O)NCCNC(=O)c1ccc(C(=O)O)nc1. The molecular weight excluding hydrogens is 240 g/mol. The van der Waals surface area contributed by atoms with E-state index in [2.05, 4.69) is 15.6 Å². The van der Waals surface area contributed by atoms with Gasteiger partial charge < -0.3 is 21.5 Å². The normalized spacial score (nSPS) is 9.56. The summed E-state index contributed by atoms with van der Waals surface area (Å²) < 4.78 is 0. The van der Waals surface area contributed by atoms with Gasteiger partial charge in [0.25, 0.3) is 5.91 Å². The maximum Gasteiger partial charge on any atom is 0.354 e. The van der Waals surface area contributed by atoms with E-state index < -0.39 is 17.9 Å². The number of carboxylic acid groups (broad SMARTS) is 1. The number of hydrogen-bond acceptors (Lipinski definition) is 4. The van der Waals surface area contributed by atoms with E-state index in [0.717, 1.165) is 0 Å². The fraction of sp³-hybridized carbons (Fsp3) is 0.200. The molecule has 0 aliphatic heterocycles. The van der Waals surface area contributed by atoms with Crippen LogP contribution in [-0.4, -0.2) is 41.1 Å². The number of carbonyl (C=O) groups excluding carboxylic acids is 2. The summed E-state index contributed by atoms with van der Waals surface area (Å²) in [6.45, 7) is 0.421. The third-order valence-electron chi connectivity index (χ3n) is 1.95. The van der Waals surface area contributed by atoms with Crippen LogP contribution in [0.5, 0.6) is 0 Å². The molecule has 0 atom stereocenters. The number of amides is 3. The quantitative estimate of drug-likeness (QED) is 0.508. The number of pyridine rings is 1. The highest BCUT2D eigenvalue weighted by Crippen LogP contribution is 2.00. The number of urea groups is 1. The predicted octanol–water partition coefficient (Wildman–Crippen LogP) is -0.822. The van der Waals surface area contributed by atoms with Crippen molar-refractivity contribution < 1.29 is 19.5 Å². The zero-order chi connectivity index (χ0) is 13.5. The standard InChI is InChI=1S/C10H12N4O4/c11-10(18)13-4-3-12-8(15)6-1-2-7(9(16)17)14-5-6/h1-2,5H,3-4H2,(H,12,15)(H,16,17)(H3,11,13,18). The first kappa shape index (κ1) is 13.4. The molecule has 0 fully saturated rings. The Bertz CT molecular complexity index is 457. The molecule has 0 saturated heterocycles. The van der Waals surface area contributed by atoms with E-state index in [1.165, 1.54) is 18.3 Å². The number of carbonyl (C=O) groups is 3. The Hall–Kier alpha value is -2.64. The second-order valence-electron chi connectivity index (χ2n) is 3.28. The van der Waals surface area contributed by atoms with Gasteiger partial charge >= 0.3 is 12.0 Å². The fourth-order valence-corrected chi connectivity index (χ4v) is 1.12. The lowest BCUT2D eigenvalue weighted by Crippen LogP contribution is -2.37. The second-order valence-corrected chi connectivity index (χ2v) is 3.28. The highest BCUT2D eigenvalue weighted by atomic mass is 16.4. The van der Waals surface area contributed by atoms with Crippen molar-refractivity contribution in [3.8, 4) is 0 Å². The van der Waals surface area contributed by atoms with Crippen LogP contribution in [0.25, 0.3) is 0 Å². The number of nitrogens with one attached hydrogen (secondary N) is 2. The smallest absolute Gasteiger partial charge is 0.354 e. The minimum absolute atomic E-state index is 0.137. The van der Waals surface area contributed by atoms with Crippen LogP contribution >= 0.6 is 0 Å². The lowest BCUT2D eigenvalue weighted by atomic mass is 10.2. The van der Waals surface area contributed by atoms with Gasteiger partial charge in [0.05, 0.1) is 5.56 Å². The molecular formula is C10H12N4O4. The van der Waals surface area contributed by atoms with Crippen LogP contribution in [0.15, 0.2) is 18.3 Å². The summed E-state index contributed by atoms with van der Waals surface area (Å²) in [7, 11) is 0. The highest BCUT2D eigenvalue weighted by Gasteiger charge is 2.08. The Balaban J connectivity index is 2.46. The Morgan fingerprint density at radius 3 is 2.39 bits per heavy atom. The number of rotatable bonds is 5. The molecule has 0 spiro atoms. The van der Waals surface area contributed by atoms with Gasteiger partial charge in [0, 0.05) is 19.3 Å². The number of nitrogens with two attached hydrogens (primary N) is 1. The molecule has 8 heteroatoms. The number of primary amides is 1. The van der Waals surface area contributed by atoms with Crippen molar-refractivity contribution >= 4 is 17.9 Å². The van der Waals surface area contributed by atoms with Gasteiger partial charge in [-0.25, -0.2) is 14.6 Å². The average molecular weight is 252 g/mol. The Labute approximate surface area is 102 Å². The first-order chi connectivity index (χ1) is 8.50. The van der Waals surface area contributed by atoms with Gasteiger partial charge in [-0.1, -0.05) is 0 Å². The molecule has 1 rings (SSSR count). The molecule has 0 radical (unpaired) electrons. The Morgan fingerprint density at radius 2 is 1.89 bits per heavy atom. The van der Waals surface area contributed by atoms with Gasteiger partial charge in [0.1, 0.15) is 5.69 Å². The van der Waals surface area contributed by atoms with Crippen molar-refractivity contribution in [2.45, 2.75) is 0 Å². The lowest BCUT2D eigenvalue weighted by molar-refractivity contribution is 0.0689. The van der Waals surface area contributed by atoms with Crippen molar-refractivity contribution in [1.82, 2.24) is 15.6 Å². The van der Waals surface area contributed by atoms with E-state index in [9.17, 15) is 14.4 Å². The first-order valence-electron chi connectivity index (χ1n) is 5.01. The lowest BCUT2D eigenvalue weighted by Gasteiger charge is -2.05. The molecule has 0 aliphatic carbocycles. The predicted molar refractivity (Wildman–Crippen MR) is 61.1 cm³/mol. The van der Waals surface area contributed by atoms with E-state index in [4.69, 9.17) is 10.8 Å². The molecule has 0 aliphatic rings. The molecule has 0 bridgehead atoms. The monoisotopic (exact) mass is 252 g/mol. The molecule has 0 saturated carbocycles. The Kier molecular flexibility index (Phi) is 4.61. The van der Waals surface area contributed by atoms with Gasteiger partial charge in [0.15, 0.2) is 0 Å². The summed E-state index contributed by atoms with van der Waals surface area (Å²) in [6.07, 6.45) is 1.17. The molecule has 8 nitrogen and oxygen atoms in total. The van der Waals surface area contributed by atoms with Crippen LogP contribution in [0.2, 0.25) is 0 Å². The van der Waals surface area contributed by atoms with Crippen LogP contribution in [0.1, 0.15) is 20.8 Å². The van der Waals surface area contributed by atoms with E-state index in [-0.39, 0.29) is 24.3 Å². The van der Waals surface area contributed by atoms with E-state index in [0.29, 0.717) is 0 Å². The van der Waals surface area contributed by atoms with Gasteiger partial charge in [0.2, 0.25) is 0 Å². The van der Waals surface area contributed by atoms with Gasteiger partial charge in [-0.15, -0.1) is 0 Å². The van der Waals surface area contributed by atoms with Crippen LogP contribution in [0, 0.1) is 0 Å². The van der Waals surface area contributed by atoms with Crippen LogP contribution in [-0.2, 0) is 0 Å². The van der Waals surface area contributed by atoms with E-state index >= 15 is 0 Å². The van der Waals surface area contributed by atoms with Crippen LogP contribution in [0.3, 0.4) is 0 Å². The topological polar surface area (TPSA) is 134 Å². The summed E-state index contributed by atoms with van der Waals surface area (Å²) in [5, 5.41) is 13.4. The molecule has 0 aromatic carbocycles. The molecule has 96 valence electrons. The Morgan fingerprint density at radius 1 is 1.22 bits per heavy atom. The van der Waals surface area contributed by atoms with Crippen LogP contribution in [0.4, 0.5) is 4.79 Å². The van der Waals surface area contributed by atoms with Gasteiger partial charge in [-0.3, -0.25) is 4.79 Å². The van der Waals surface area contributed by atoms with Crippen molar-refractivity contribution in [1.29, 1.82) is 0 Å². The molecule has 18 heavy (non-hydrogen) atoms. The zero-order valence-electron chi connectivity index (χ0n) is 9.34. The number of carboxylic acids is 1. The van der Waals surface area contributed by atoms with Crippen molar-refractivity contribution in [3.05, 3.63) is 29.6 Å². The van der Waals surface area contributed by atoms with Gasteiger partial charge in [-0.05, 0) is 12.1 Å². The molecule has 3 amide bonds. The van der Waals surface area contributed by atoms with E-state index in [1.54, 1.807) is 0 Å². The van der Waals surface area contributed by atoms with E-state index in [1.807, 2.05) is 0 Å². The van der Waals surface area contributed by atoms with Crippen molar-refractivity contribution in [3.63, 3.8) is 0 Å².